The fourth-order valence-corrected chi connectivity index (χ4v) is 2.94. The van der Waals surface area contributed by atoms with Gasteiger partial charge in [0.25, 0.3) is 0 Å². The van der Waals surface area contributed by atoms with Gasteiger partial charge in [-0.3, -0.25) is 4.68 Å². The van der Waals surface area contributed by atoms with Crippen LogP contribution in [0.2, 0.25) is 5.02 Å². The second-order valence-electron chi connectivity index (χ2n) is 4.57. The molecule has 0 saturated carbocycles. The van der Waals surface area contributed by atoms with Crippen molar-refractivity contribution >= 4 is 27.5 Å². The summed E-state index contributed by atoms with van der Waals surface area (Å²) in [5, 5.41) is 8.47. The average molecular weight is 373 g/mol. The summed E-state index contributed by atoms with van der Waals surface area (Å²) in [6.45, 7) is 6.33. The Morgan fingerprint density at radius 1 is 1.43 bits per heavy atom. The van der Waals surface area contributed by atoms with Crippen molar-refractivity contribution < 1.29 is 4.74 Å². The number of rotatable bonds is 7. The normalized spacial score (nSPS) is 12.4. The van der Waals surface area contributed by atoms with Gasteiger partial charge in [-0.2, -0.15) is 5.10 Å². The van der Waals surface area contributed by atoms with Crippen LogP contribution >= 0.6 is 27.5 Å². The maximum absolute atomic E-state index is 5.98. The Morgan fingerprint density at radius 3 is 2.90 bits per heavy atom. The molecule has 1 unspecified atom stereocenters. The van der Waals surface area contributed by atoms with E-state index in [1.165, 1.54) is 0 Å². The Morgan fingerprint density at radius 2 is 2.24 bits per heavy atom. The lowest BCUT2D eigenvalue weighted by Crippen LogP contribution is -2.29. The molecule has 0 fully saturated rings. The minimum absolute atomic E-state index is 0.0609. The summed E-state index contributed by atoms with van der Waals surface area (Å²) in [5.74, 6) is 0.768. The number of nitrogens with one attached hydrogen (secondary N) is 1. The molecular formula is C15H19BrClN3O. The second kappa shape index (κ2) is 7.82. The largest absolute Gasteiger partial charge is 0.491 e. The average Bonchev–Trinajstić information content (AvgIpc) is 2.84. The molecule has 0 amide bonds. The van der Waals surface area contributed by atoms with Gasteiger partial charge in [-0.05, 0) is 47.6 Å². The maximum Gasteiger partial charge on any atom is 0.120 e. The third-order valence-electron chi connectivity index (χ3n) is 3.13. The van der Waals surface area contributed by atoms with Crippen molar-refractivity contribution in [2.24, 2.45) is 0 Å². The van der Waals surface area contributed by atoms with Crippen molar-refractivity contribution in [3.05, 3.63) is 45.7 Å². The van der Waals surface area contributed by atoms with Gasteiger partial charge in [0.15, 0.2) is 0 Å². The van der Waals surface area contributed by atoms with E-state index in [0.717, 1.165) is 29.0 Å². The summed E-state index contributed by atoms with van der Waals surface area (Å²) < 4.78 is 8.83. The van der Waals surface area contributed by atoms with Crippen LogP contribution in [0.5, 0.6) is 5.75 Å². The van der Waals surface area contributed by atoms with Crippen LogP contribution < -0.4 is 10.1 Å². The number of nitrogens with zero attached hydrogens (tertiary/aromatic N) is 2. The Kier molecular flexibility index (Phi) is 6.08. The van der Waals surface area contributed by atoms with E-state index in [9.17, 15) is 0 Å². The number of aromatic nitrogens is 2. The van der Waals surface area contributed by atoms with E-state index >= 15 is 0 Å². The van der Waals surface area contributed by atoms with Gasteiger partial charge in [0, 0.05) is 11.6 Å². The summed E-state index contributed by atoms with van der Waals surface area (Å²) in [4.78, 5) is 0. The first-order chi connectivity index (χ1) is 10.2. The smallest absolute Gasteiger partial charge is 0.120 e. The van der Waals surface area contributed by atoms with E-state index < -0.39 is 0 Å². The standard InChI is InChI=1S/C15H19BrClN3O/c1-3-18-14(15-13(16)9-19-20(15)4-2)10-21-12-7-5-6-11(17)8-12/h5-9,14,18H,3-4,10H2,1-2H3. The van der Waals surface area contributed by atoms with Gasteiger partial charge in [-0.15, -0.1) is 0 Å². The maximum atomic E-state index is 5.98. The van der Waals surface area contributed by atoms with Crippen molar-refractivity contribution in [2.75, 3.05) is 13.2 Å². The van der Waals surface area contributed by atoms with Crippen LogP contribution in [0.25, 0.3) is 0 Å². The van der Waals surface area contributed by atoms with Crippen LogP contribution in [0, 0.1) is 0 Å². The highest BCUT2D eigenvalue weighted by molar-refractivity contribution is 9.10. The number of hydrogen-bond donors (Lipinski definition) is 1. The lowest BCUT2D eigenvalue weighted by Gasteiger charge is -2.20. The third kappa shape index (κ3) is 4.22. The zero-order valence-electron chi connectivity index (χ0n) is 12.1. The second-order valence-corrected chi connectivity index (χ2v) is 5.86. The predicted molar refractivity (Wildman–Crippen MR) is 89.0 cm³/mol. The number of halogens is 2. The minimum Gasteiger partial charge on any atom is -0.491 e. The molecule has 4 nitrogen and oxygen atoms in total. The highest BCUT2D eigenvalue weighted by Gasteiger charge is 2.19. The molecule has 0 aliphatic rings. The van der Waals surface area contributed by atoms with E-state index in [2.05, 4.69) is 40.2 Å². The highest BCUT2D eigenvalue weighted by Crippen LogP contribution is 2.25. The fourth-order valence-electron chi connectivity index (χ4n) is 2.19. The molecule has 1 N–H and O–H groups in total. The van der Waals surface area contributed by atoms with Crippen molar-refractivity contribution in [1.82, 2.24) is 15.1 Å². The predicted octanol–water partition coefficient (Wildman–Crippen LogP) is 4.05. The Labute approximate surface area is 138 Å². The van der Waals surface area contributed by atoms with Crippen LogP contribution in [0.3, 0.4) is 0 Å². The van der Waals surface area contributed by atoms with Crippen LogP contribution in [0.15, 0.2) is 34.9 Å². The summed E-state index contributed by atoms with van der Waals surface area (Å²) in [7, 11) is 0. The molecule has 21 heavy (non-hydrogen) atoms. The summed E-state index contributed by atoms with van der Waals surface area (Å²) in [5.41, 5.74) is 1.10. The quantitative estimate of drug-likeness (QED) is 0.797. The molecule has 114 valence electrons. The molecule has 2 aromatic rings. The molecule has 0 saturated heterocycles. The van der Waals surface area contributed by atoms with E-state index in [1.54, 1.807) is 0 Å². The number of benzene rings is 1. The number of hydrogen-bond acceptors (Lipinski definition) is 3. The molecular weight excluding hydrogens is 354 g/mol. The topological polar surface area (TPSA) is 39.1 Å². The Hall–Kier alpha value is -1.04. The van der Waals surface area contributed by atoms with Gasteiger partial charge in [-0.1, -0.05) is 24.6 Å². The fraction of sp³-hybridized carbons (Fsp3) is 0.400. The van der Waals surface area contributed by atoms with E-state index in [-0.39, 0.29) is 6.04 Å². The summed E-state index contributed by atoms with van der Waals surface area (Å²) in [6, 6.07) is 7.49. The van der Waals surface area contributed by atoms with Crippen molar-refractivity contribution in [1.29, 1.82) is 0 Å². The monoisotopic (exact) mass is 371 g/mol. The molecule has 0 radical (unpaired) electrons. The van der Waals surface area contributed by atoms with Crippen LogP contribution in [0.4, 0.5) is 0 Å². The van der Waals surface area contributed by atoms with Crippen LogP contribution in [-0.2, 0) is 6.54 Å². The van der Waals surface area contributed by atoms with E-state index in [1.807, 2.05) is 35.1 Å². The highest BCUT2D eigenvalue weighted by atomic mass is 79.9. The van der Waals surface area contributed by atoms with Gasteiger partial charge in [0.1, 0.15) is 12.4 Å². The minimum atomic E-state index is 0.0609. The number of ether oxygens (including phenoxy) is 1. The first kappa shape index (κ1) is 16.3. The SMILES string of the molecule is CCNC(COc1cccc(Cl)c1)c1c(Br)cnn1CC. The first-order valence-corrected chi connectivity index (χ1v) is 8.15. The van der Waals surface area contributed by atoms with Gasteiger partial charge in [0.2, 0.25) is 0 Å². The lowest BCUT2D eigenvalue weighted by atomic mass is 10.2. The molecule has 1 atom stereocenters. The zero-order valence-corrected chi connectivity index (χ0v) is 14.5. The molecule has 1 aromatic heterocycles. The Bertz CT molecular complexity index is 588. The third-order valence-corrected chi connectivity index (χ3v) is 3.97. The molecule has 1 aromatic carbocycles. The molecule has 2 rings (SSSR count). The molecule has 1 heterocycles. The van der Waals surface area contributed by atoms with Crippen molar-refractivity contribution in [3.63, 3.8) is 0 Å². The molecule has 0 bridgehead atoms. The van der Waals surface area contributed by atoms with Gasteiger partial charge < -0.3 is 10.1 Å². The van der Waals surface area contributed by atoms with Gasteiger partial charge in [-0.25, -0.2) is 0 Å². The van der Waals surface area contributed by atoms with Gasteiger partial charge >= 0.3 is 0 Å². The first-order valence-electron chi connectivity index (χ1n) is 6.98. The molecule has 6 heteroatoms. The van der Waals surface area contributed by atoms with Crippen LogP contribution in [-0.4, -0.2) is 22.9 Å². The van der Waals surface area contributed by atoms with Crippen LogP contribution in [0.1, 0.15) is 25.6 Å². The lowest BCUT2D eigenvalue weighted by molar-refractivity contribution is 0.260. The number of likely N-dealkylation sites (N-methyl/N-ethyl adjacent to an activating group) is 1. The summed E-state index contributed by atoms with van der Waals surface area (Å²) in [6.07, 6.45) is 1.82. The van der Waals surface area contributed by atoms with E-state index in [0.29, 0.717) is 11.6 Å². The Balaban J connectivity index is 2.14. The molecule has 0 aliphatic heterocycles. The number of aryl methyl sites for hydroxylation is 1. The molecule has 0 spiro atoms. The molecule has 0 aliphatic carbocycles. The summed E-state index contributed by atoms with van der Waals surface area (Å²) >= 11 is 9.54. The van der Waals surface area contributed by atoms with Gasteiger partial charge in [0.05, 0.1) is 22.4 Å². The zero-order chi connectivity index (χ0) is 15.2. The van der Waals surface area contributed by atoms with Crippen molar-refractivity contribution in [2.45, 2.75) is 26.4 Å². The van der Waals surface area contributed by atoms with Crippen molar-refractivity contribution in [3.8, 4) is 5.75 Å². The van der Waals surface area contributed by atoms with E-state index in [4.69, 9.17) is 16.3 Å².